The fourth-order valence-corrected chi connectivity index (χ4v) is 2.69. The van der Waals surface area contributed by atoms with E-state index in [-0.39, 0.29) is 17.1 Å². The molecule has 0 bridgehead atoms. The zero-order valence-electron chi connectivity index (χ0n) is 15.2. The highest BCUT2D eigenvalue weighted by molar-refractivity contribution is 6.08. The SMILES string of the molecule is CCCNC(=O)c1ccccc1NC(=O)c1cc(=O)c2cc(C)ccc2o1. The topological polar surface area (TPSA) is 88.4 Å². The van der Waals surface area contributed by atoms with Crippen molar-refractivity contribution in [3.8, 4) is 0 Å². The predicted molar refractivity (Wildman–Crippen MR) is 104 cm³/mol. The van der Waals surface area contributed by atoms with Gasteiger partial charge in [0, 0.05) is 12.6 Å². The van der Waals surface area contributed by atoms with Crippen LogP contribution in [0, 0.1) is 6.92 Å². The van der Waals surface area contributed by atoms with Gasteiger partial charge in [-0.3, -0.25) is 14.4 Å². The van der Waals surface area contributed by atoms with Gasteiger partial charge in [0.15, 0.2) is 11.2 Å². The van der Waals surface area contributed by atoms with Crippen LogP contribution in [0.3, 0.4) is 0 Å². The highest BCUT2D eigenvalue weighted by Crippen LogP contribution is 2.18. The van der Waals surface area contributed by atoms with Crippen LogP contribution in [0.5, 0.6) is 0 Å². The molecule has 6 heteroatoms. The molecule has 0 atom stereocenters. The van der Waals surface area contributed by atoms with Crippen LogP contribution in [0.25, 0.3) is 11.0 Å². The summed E-state index contributed by atoms with van der Waals surface area (Å²) in [5, 5.41) is 5.85. The highest BCUT2D eigenvalue weighted by atomic mass is 16.3. The van der Waals surface area contributed by atoms with Gasteiger partial charge in [-0.15, -0.1) is 0 Å². The Kier molecular flexibility index (Phi) is 5.35. The molecule has 2 amide bonds. The van der Waals surface area contributed by atoms with Gasteiger partial charge in [0.05, 0.1) is 16.6 Å². The largest absolute Gasteiger partial charge is 0.451 e. The summed E-state index contributed by atoms with van der Waals surface area (Å²) in [4.78, 5) is 37.2. The Bertz CT molecular complexity index is 1070. The number of hydrogen-bond donors (Lipinski definition) is 2. The van der Waals surface area contributed by atoms with Gasteiger partial charge in [0.25, 0.3) is 11.8 Å². The molecule has 6 nitrogen and oxygen atoms in total. The first-order chi connectivity index (χ1) is 13.0. The van der Waals surface area contributed by atoms with E-state index in [0.29, 0.717) is 28.8 Å². The standard InChI is InChI=1S/C21H20N2O4/c1-3-10-22-20(25)14-6-4-5-7-16(14)23-21(26)19-12-17(24)15-11-13(2)8-9-18(15)27-19/h4-9,11-12H,3,10H2,1-2H3,(H,22,25)(H,23,26). The minimum Gasteiger partial charge on any atom is -0.451 e. The molecular formula is C21H20N2O4. The normalized spacial score (nSPS) is 10.6. The number of carbonyl (C=O) groups is 2. The number of aryl methyl sites for hydroxylation is 1. The van der Waals surface area contributed by atoms with Crippen LogP contribution in [-0.4, -0.2) is 18.4 Å². The molecule has 138 valence electrons. The first-order valence-corrected chi connectivity index (χ1v) is 8.72. The van der Waals surface area contributed by atoms with E-state index in [1.807, 2.05) is 13.8 Å². The van der Waals surface area contributed by atoms with Crippen LogP contribution in [0.2, 0.25) is 0 Å². The van der Waals surface area contributed by atoms with Gasteiger partial charge in [-0.05, 0) is 37.6 Å². The molecule has 0 unspecified atom stereocenters. The van der Waals surface area contributed by atoms with Crippen LogP contribution in [0.15, 0.2) is 57.7 Å². The number of hydrogen-bond acceptors (Lipinski definition) is 4. The summed E-state index contributed by atoms with van der Waals surface area (Å²) in [5.41, 5.74) is 1.67. The Hall–Kier alpha value is -3.41. The fraction of sp³-hybridized carbons (Fsp3) is 0.190. The summed E-state index contributed by atoms with van der Waals surface area (Å²) in [5.74, 6) is -0.978. The van der Waals surface area contributed by atoms with Gasteiger partial charge < -0.3 is 15.1 Å². The minimum absolute atomic E-state index is 0.111. The molecule has 0 aliphatic heterocycles. The number of carbonyl (C=O) groups excluding carboxylic acids is 2. The van der Waals surface area contributed by atoms with Crippen molar-refractivity contribution in [3.05, 3.63) is 75.6 Å². The Balaban J connectivity index is 1.90. The smallest absolute Gasteiger partial charge is 0.291 e. The van der Waals surface area contributed by atoms with Crippen molar-refractivity contribution in [1.82, 2.24) is 5.32 Å². The second-order valence-electron chi connectivity index (χ2n) is 6.23. The second-order valence-corrected chi connectivity index (χ2v) is 6.23. The Morgan fingerprint density at radius 2 is 1.81 bits per heavy atom. The van der Waals surface area contributed by atoms with Crippen molar-refractivity contribution in [2.45, 2.75) is 20.3 Å². The number of para-hydroxylation sites is 1. The summed E-state index contributed by atoms with van der Waals surface area (Å²) in [6.45, 7) is 4.37. The Morgan fingerprint density at radius 3 is 2.59 bits per heavy atom. The molecule has 3 aromatic rings. The van der Waals surface area contributed by atoms with Crippen LogP contribution in [0.1, 0.15) is 39.8 Å². The number of rotatable bonds is 5. The third-order valence-corrected chi connectivity index (χ3v) is 4.06. The lowest BCUT2D eigenvalue weighted by atomic mass is 10.1. The van der Waals surface area contributed by atoms with Crippen molar-refractivity contribution in [1.29, 1.82) is 0 Å². The van der Waals surface area contributed by atoms with Crippen molar-refractivity contribution >= 4 is 28.5 Å². The molecular weight excluding hydrogens is 344 g/mol. The molecule has 0 spiro atoms. The molecule has 0 saturated carbocycles. The zero-order valence-corrected chi connectivity index (χ0v) is 15.2. The highest BCUT2D eigenvalue weighted by Gasteiger charge is 2.16. The molecule has 1 heterocycles. The number of amides is 2. The van der Waals surface area contributed by atoms with E-state index in [4.69, 9.17) is 4.42 Å². The van der Waals surface area contributed by atoms with Crippen molar-refractivity contribution in [2.24, 2.45) is 0 Å². The summed E-state index contributed by atoms with van der Waals surface area (Å²) in [6.07, 6.45) is 0.808. The van der Waals surface area contributed by atoms with E-state index in [1.165, 1.54) is 0 Å². The van der Waals surface area contributed by atoms with Crippen LogP contribution in [-0.2, 0) is 0 Å². The van der Waals surface area contributed by atoms with E-state index in [1.54, 1.807) is 42.5 Å². The van der Waals surface area contributed by atoms with Gasteiger partial charge in [-0.2, -0.15) is 0 Å². The molecule has 1 aromatic heterocycles. The maximum atomic E-state index is 12.6. The van der Waals surface area contributed by atoms with Crippen molar-refractivity contribution < 1.29 is 14.0 Å². The van der Waals surface area contributed by atoms with Crippen LogP contribution < -0.4 is 16.1 Å². The summed E-state index contributed by atoms with van der Waals surface area (Å²) in [6, 6.07) is 13.0. The molecule has 2 aromatic carbocycles. The van der Waals surface area contributed by atoms with E-state index >= 15 is 0 Å². The monoisotopic (exact) mass is 364 g/mol. The van der Waals surface area contributed by atoms with Gasteiger partial charge in [0.2, 0.25) is 0 Å². The third-order valence-electron chi connectivity index (χ3n) is 4.06. The summed E-state index contributed by atoms with van der Waals surface area (Å²) < 4.78 is 5.58. The molecule has 0 aliphatic carbocycles. The third kappa shape index (κ3) is 4.06. The summed E-state index contributed by atoms with van der Waals surface area (Å²) in [7, 11) is 0. The number of fused-ring (bicyclic) bond motifs is 1. The number of anilines is 1. The van der Waals surface area contributed by atoms with E-state index < -0.39 is 5.91 Å². The molecule has 2 N–H and O–H groups in total. The molecule has 0 radical (unpaired) electrons. The summed E-state index contributed by atoms with van der Waals surface area (Å²) >= 11 is 0. The lowest BCUT2D eigenvalue weighted by Crippen LogP contribution is -2.26. The maximum absolute atomic E-state index is 12.6. The van der Waals surface area contributed by atoms with Gasteiger partial charge in [-0.1, -0.05) is 30.7 Å². The molecule has 0 fully saturated rings. The molecule has 0 aliphatic rings. The lowest BCUT2D eigenvalue weighted by Gasteiger charge is -2.11. The van der Waals surface area contributed by atoms with Gasteiger partial charge >= 0.3 is 0 Å². The molecule has 27 heavy (non-hydrogen) atoms. The molecule has 0 saturated heterocycles. The second kappa shape index (κ2) is 7.86. The Morgan fingerprint density at radius 1 is 1.04 bits per heavy atom. The zero-order chi connectivity index (χ0) is 19.4. The number of benzene rings is 2. The van der Waals surface area contributed by atoms with E-state index in [0.717, 1.165) is 18.1 Å². The first-order valence-electron chi connectivity index (χ1n) is 8.72. The van der Waals surface area contributed by atoms with Crippen LogP contribution >= 0.6 is 0 Å². The van der Waals surface area contributed by atoms with E-state index in [9.17, 15) is 14.4 Å². The van der Waals surface area contributed by atoms with Crippen molar-refractivity contribution in [3.63, 3.8) is 0 Å². The predicted octanol–water partition coefficient (Wildman–Crippen LogP) is 3.49. The van der Waals surface area contributed by atoms with E-state index in [2.05, 4.69) is 10.6 Å². The van der Waals surface area contributed by atoms with Gasteiger partial charge in [-0.25, -0.2) is 0 Å². The van der Waals surface area contributed by atoms with Gasteiger partial charge in [0.1, 0.15) is 5.58 Å². The quantitative estimate of drug-likeness (QED) is 0.725. The minimum atomic E-state index is -0.592. The lowest BCUT2D eigenvalue weighted by molar-refractivity contribution is 0.0954. The van der Waals surface area contributed by atoms with Crippen molar-refractivity contribution in [2.75, 3.05) is 11.9 Å². The fourth-order valence-electron chi connectivity index (χ4n) is 2.69. The maximum Gasteiger partial charge on any atom is 0.291 e. The average Bonchev–Trinajstić information content (AvgIpc) is 2.67. The Labute approximate surface area is 156 Å². The number of nitrogens with one attached hydrogen (secondary N) is 2. The average molecular weight is 364 g/mol. The first kappa shape index (κ1) is 18.4. The van der Waals surface area contributed by atoms with Crippen LogP contribution in [0.4, 0.5) is 5.69 Å². The molecule has 3 rings (SSSR count).